The first kappa shape index (κ1) is 8.10. The van der Waals surface area contributed by atoms with E-state index in [2.05, 4.69) is 20.8 Å². The molecule has 0 saturated heterocycles. The lowest BCUT2D eigenvalue weighted by atomic mass is 9.86. The van der Waals surface area contributed by atoms with Crippen molar-refractivity contribution in [2.75, 3.05) is 0 Å². The smallest absolute Gasteiger partial charge is 0.0386 e. The van der Waals surface area contributed by atoms with Crippen molar-refractivity contribution in [3.8, 4) is 0 Å². The Hall–Kier alpha value is 0. The van der Waals surface area contributed by atoms with Gasteiger partial charge in [0.25, 0.3) is 0 Å². The van der Waals surface area contributed by atoms with Crippen molar-refractivity contribution >= 4 is 0 Å². The van der Waals surface area contributed by atoms with E-state index < -0.39 is 0 Å². The molecule has 1 unspecified atom stereocenters. The van der Waals surface area contributed by atoms with Crippen molar-refractivity contribution in [3.63, 3.8) is 0 Å². The van der Waals surface area contributed by atoms with Gasteiger partial charge in [0.1, 0.15) is 0 Å². The molecule has 10 heavy (non-hydrogen) atoms. The highest BCUT2D eigenvalue weighted by atomic mass is 14.4. The van der Waals surface area contributed by atoms with Crippen LogP contribution in [-0.2, 0) is 0 Å². The zero-order valence-corrected chi connectivity index (χ0v) is 7.56. The van der Waals surface area contributed by atoms with Crippen molar-refractivity contribution in [1.29, 1.82) is 0 Å². The number of rotatable bonds is 4. The second-order valence-corrected chi connectivity index (χ2v) is 3.77. The van der Waals surface area contributed by atoms with Gasteiger partial charge in [0.15, 0.2) is 0 Å². The fourth-order valence-electron chi connectivity index (χ4n) is 2.04. The van der Waals surface area contributed by atoms with E-state index in [1.54, 1.807) is 0 Å². The van der Waals surface area contributed by atoms with Gasteiger partial charge in [-0.1, -0.05) is 33.6 Å². The minimum absolute atomic E-state index is 1.01. The molecular formula is C10H20. The summed E-state index contributed by atoms with van der Waals surface area (Å²) in [6, 6.07) is 0. The maximum absolute atomic E-state index is 2.44. The van der Waals surface area contributed by atoms with Crippen molar-refractivity contribution < 1.29 is 0 Å². The van der Waals surface area contributed by atoms with Crippen LogP contribution < -0.4 is 0 Å². The third kappa shape index (κ3) is 1.74. The molecular weight excluding hydrogens is 120 g/mol. The Bertz CT molecular complexity index is 88.2. The van der Waals surface area contributed by atoms with E-state index in [4.69, 9.17) is 0 Å². The molecule has 0 heterocycles. The van der Waals surface area contributed by atoms with Crippen molar-refractivity contribution in [1.82, 2.24) is 0 Å². The summed E-state index contributed by atoms with van der Waals surface area (Å²) >= 11 is 0. The molecule has 0 heteroatoms. The third-order valence-corrected chi connectivity index (χ3v) is 3.16. The first-order chi connectivity index (χ1) is 4.79. The summed E-state index contributed by atoms with van der Waals surface area (Å²) in [5.74, 6) is 3.12. The lowest BCUT2D eigenvalue weighted by molar-refractivity contribution is 0.303. The van der Waals surface area contributed by atoms with E-state index >= 15 is 0 Å². The van der Waals surface area contributed by atoms with Crippen LogP contribution >= 0.6 is 0 Å². The molecule has 1 aliphatic rings. The monoisotopic (exact) mass is 140 g/mol. The van der Waals surface area contributed by atoms with E-state index in [1.807, 2.05) is 0 Å². The predicted octanol–water partition coefficient (Wildman–Crippen LogP) is 3.47. The number of hydrogen-bond donors (Lipinski definition) is 0. The highest BCUT2D eigenvalue weighted by Crippen LogP contribution is 2.41. The normalized spacial score (nSPS) is 21.6. The van der Waals surface area contributed by atoms with Crippen molar-refractivity contribution in [2.24, 2.45) is 17.8 Å². The summed E-state index contributed by atoms with van der Waals surface area (Å²) in [5.41, 5.74) is 0. The molecule has 0 N–H and O–H groups in total. The average Bonchev–Trinajstić information content (AvgIpc) is 2.71. The van der Waals surface area contributed by atoms with Gasteiger partial charge in [-0.05, 0) is 30.6 Å². The molecule has 0 nitrogen and oxygen atoms in total. The molecule has 0 aliphatic heterocycles. The van der Waals surface area contributed by atoms with Crippen LogP contribution in [0.5, 0.6) is 0 Å². The molecule has 0 radical (unpaired) electrons. The van der Waals surface area contributed by atoms with Gasteiger partial charge in [0.05, 0.1) is 0 Å². The van der Waals surface area contributed by atoms with Crippen LogP contribution in [0.4, 0.5) is 0 Å². The zero-order chi connectivity index (χ0) is 7.56. The Morgan fingerprint density at radius 1 is 1.20 bits per heavy atom. The van der Waals surface area contributed by atoms with Gasteiger partial charge in [0.2, 0.25) is 0 Å². The van der Waals surface area contributed by atoms with E-state index in [-0.39, 0.29) is 0 Å². The van der Waals surface area contributed by atoms with Crippen LogP contribution in [-0.4, -0.2) is 0 Å². The Morgan fingerprint density at radius 3 is 2.00 bits per heavy atom. The second kappa shape index (κ2) is 3.41. The van der Waals surface area contributed by atoms with E-state index in [0.29, 0.717) is 0 Å². The maximum atomic E-state index is 2.44. The first-order valence-electron chi connectivity index (χ1n) is 4.79. The van der Waals surface area contributed by atoms with Gasteiger partial charge in [-0.2, -0.15) is 0 Å². The second-order valence-electron chi connectivity index (χ2n) is 3.77. The largest absolute Gasteiger partial charge is 0.0651 e. The molecule has 1 atom stereocenters. The minimum Gasteiger partial charge on any atom is -0.0651 e. The topological polar surface area (TPSA) is 0 Å². The summed E-state index contributed by atoms with van der Waals surface area (Å²) < 4.78 is 0. The van der Waals surface area contributed by atoms with Gasteiger partial charge in [-0.25, -0.2) is 0 Å². The summed E-state index contributed by atoms with van der Waals surface area (Å²) in [6.07, 6.45) is 5.79. The van der Waals surface area contributed by atoms with Crippen LogP contribution in [0.15, 0.2) is 0 Å². The SMILES string of the molecule is CCC(CC)C(C)C1CC1. The molecule has 1 rings (SSSR count). The fourth-order valence-corrected chi connectivity index (χ4v) is 2.04. The molecule has 1 saturated carbocycles. The van der Waals surface area contributed by atoms with Gasteiger partial charge < -0.3 is 0 Å². The molecule has 0 aromatic rings. The van der Waals surface area contributed by atoms with Gasteiger partial charge in [-0.3, -0.25) is 0 Å². The lowest BCUT2D eigenvalue weighted by Crippen LogP contribution is -2.11. The van der Waals surface area contributed by atoms with Crippen LogP contribution in [0.1, 0.15) is 46.5 Å². The first-order valence-corrected chi connectivity index (χ1v) is 4.79. The fraction of sp³-hybridized carbons (Fsp3) is 1.00. The van der Waals surface area contributed by atoms with E-state index in [9.17, 15) is 0 Å². The number of hydrogen-bond acceptors (Lipinski definition) is 0. The highest BCUT2D eigenvalue weighted by molar-refractivity contribution is 4.81. The Balaban J connectivity index is 2.27. The third-order valence-electron chi connectivity index (χ3n) is 3.16. The van der Waals surface area contributed by atoms with Gasteiger partial charge >= 0.3 is 0 Å². The van der Waals surface area contributed by atoms with E-state index in [0.717, 1.165) is 17.8 Å². The predicted molar refractivity (Wildman–Crippen MR) is 46.0 cm³/mol. The average molecular weight is 140 g/mol. The van der Waals surface area contributed by atoms with Crippen molar-refractivity contribution in [3.05, 3.63) is 0 Å². The highest BCUT2D eigenvalue weighted by Gasteiger charge is 2.31. The van der Waals surface area contributed by atoms with Crippen molar-refractivity contribution in [2.45, 2.75) is 46.5 Å². The molecule has 0 aromatic heterocycles. The van der Waals surface area contributed by atoms with Crippen LogP contribution in [0.2, 0.25) is 0 Å². The van der Waals surface area contributed by atoms with E-state index in [1.165, 1.54) is 25.7 Å². The van der Waals surface area contributed by atoms with Crippen LogP contribution in [0.25, 0.3) is 0 Å². The van der Waals surface area contributed by atoms with Crippen LogP contribution in [0.3, 0.4) is 0 Å². The Labute approximate surface area is 65.0 Å². The summed E-state index contributed by atoms with van der Waals surface area (Å²) in [6.45, 7) is 7.09. The maximum Gasteiger partial charge on any atom is -0.0386 e. The molecule has 60 valence electrons. The molecule has 1 aliphatic carbocycles. The summed E-state index contributed by atoms with van der Waals surface area (Å²) in [5, 5.41) is 0. The standard InChI is InChI=1S/C10H20/c1-4-9(5-2)8(3)10-6-7-10/h8-10H,4-7H2,1-3H3. The minimum atomic E-state index is 1.01. The Morgan fingerprint density at radius 2 is 1.70 bits per heavy atom. The van der Waals surface area contributed by atoms with Crippen LogP contribution in [0, 0.1) is 17.8 Å². The summed E-state index contributed by atoms with van der Waals surface area (Å²) in [4.78, 5) is 0. The molecule has 0 spiro atoms. The zero-order valence-electron chi connectivity index (χ0n) is 7.56. The molecule has 0 aromatic carbocycles. The molecule has 0 bridgehead atoms. The molecule has 1 fully saturated rings. The lowest BCUT2D eigenvalue weighted by Gasteiger charge is -2.20. The molecule has 0 amide bonds. The van der Waals surface area contributed by atoms with Gasteiger partial charge in [0, 0.05) is 0 Å². The quantitative estimate of drug-likeness (QED) is 0.561. The summed E-state index contributed by atoms with van der Waals surface area (Å²) in [7, 11) is 0. The van der Waals surface area contributed by atoms with Gasteiger partial charge in [-0.15, -0.1) is 0 Å². The Kier molecular flexibility index (Phi) is 2.76.